The van der Waals surface area contributed by atoms with Gasteiger partial charge in [-0.25, -0.2) is 14.4 Å². The molecule has 1 aliphatic carbocycles. The van der Waals surface area contributed by atoms with Crippen LogP contribution < -0.4 is 15.0 Å². The van der Waals surface area contributed by atoms with Gasteiger partial charge in [0.15, 0.2) is 17.2 Å². The molecule has 0 saturated heterocycles. The Labute approximate surface area is 224 Å². The number of carboxylic acid groups (broad SMARTS) is 2. The van der Waals surface area contributed by atoms with Crippen molar-refractivity contribution in [2.45, 2.75) is 32.1 Å². The van der Waals surface area contributed by atoms with Gasteiger partial charge in [0, 0.05) is 17.6 Å². The normalized spacial score (nSPS) is 13.8. The van der Waals surface area contributed by atoms with Crippen LogP contribution in [0.3, 0.4) is 0 Å². The van der Waals surface area contributed by atoms with E-state index in [1.807, 2.05) is 41.1 Å². The van der Waals surface area contributed by atoms with E-state index in [1.165, 1.54) is 17.8 Å². The van der Waals surface area contributed by atoms with Crippen LogP contribution in [0.4, 0.5) is 16.2 Å². The van der Waals surface area contributed by atoms with Crippen LogP contribution in [-0.4, -0.2) is 41.3 Å². The number of halogens is 1. The van der Waals surface area contributed by atoms with Crippen LogP contribution in [0.15, 0.2) is 45.6 Å². The molecule has 0 unspecified atom stereocenters. The van der Waals surface area contributed by atoms with E-state index >= 15 is 0 Å². The Morgan fingerprint density at radius 1 is 1.14 bits per heavy atom. The van der Waals surface area contributed by atoms with Gasteiger partial charge in [0.25, 0.3) is 0 Å². The van der Waals surface area contributed by atoms with Gasteiger partial charge in [-0.1, -0.05) is 31.4 Å². The third-order valence-corrected chi connectivity index (χ3v) is 8.86. The fourth-order valence-corrected chi connectivity index (χ4v) is 6.74. The lowest BCUT2D eigenvalue weighted by Gasteiger charge is -2.30. The first-order valence-electron chi connectivity index (χ1n) is 11.4. The van der Waals surface area contributed by atoms with E-state index in [-0.39, 0.29) is 16.7 Å². The predicted molar refractivity (Wildman–Crippen MR) is 145 cm³/mol. The highest BCUT2D eigenvalue weighted by Crippen LogP contribution is 2.46. The first-order chi connectivity index (χ1) is 17.3. The van der Waals surface area contributed by atoms with Gasteiger partial charge in [0.1, 0.15) is 0 Å². The van der Waals surface area contributed by atoms with Crippen molar-refractivity contribution in [3.63, 3.8) is 0 Å². The van der Waals surface area contributed by atoms with E-state index in [0.717, 1.165) is 42.7 Å². The number of hydrogen-bond donors (Lipinski definition) is 3. The lowest BCUT2D eigenvalue weighted by atomic mass is 9.89. The summed E-state index contributed by atoms with van der Waals surface area (Å²) in [6.07, 6.45) is 5.68. The molecule has 0 aliphatic heterocycles. The molecular weight excluding hydrogens is 568 g/mol. The molecule has 2 aromatic heterocycles. The summed E-state index contributed by atoms with van der Waals surface area (Å²) in [6.45, 7) is -0.0780. The van der Waals surface area contributed by atoms with Crippen LogP contribution in [0.2, 0.25) is 0 Å². The number of nitrogens with one attached hydrogen (secondary N) is 1. The molecule has 3 N–H and O–H groups in total. The zero-order valence-corrected chi connectivity index (χ0v) is 22.5. The lowest BCUT2D eigenvalue weighted by molar-refractivity contribution is -0.139. The molecule has 2 amide bonds. The summed E-state index contributed by atoms with van der Waals surface area (Å²) in [5.41, 5.74) is 2.12. The Morgan fingerprint density at radius 2 is 1.92 bits per heavy atom. The minimum Gasteiger partial charge on any atom is -0.479 e. The van der Waals surface area contributed by atoms with Gasteiger partial charge in [-0.3, -0.25) is 4.90 Å². The number of carbonyl (C=O) groups excluding carboxylic acids is 1. The van der Waals surface area contributed by atoms with Crippen molar-refractivity contribution in [2.24, 2.45) is 5.92 Å². The maximum absolute atomic E-state index is 13.4. The molecule has 0 radical (unpaired) electrons. The fraction of sp³-hybridized carbons (Fsp3) is 0.320. The van der Waals surface area contributed by atoms with Gasteiger partial charge in [0.05, 0.1) is 15.0 Å². The second-order valence-electron chi connectivity index (χ2n) is 8.50. The second-order valence-corrected chi connectivity index (χ2v) is 11.1. The summed E-state index contributed by atoms with van der Waals surface area (Å²) in [5.74, 6) is -2.04. The molecule has 1 aromatic carbocycles. The molecule has 0 spiro atoms. The highest BCUT2D eigenvalue weighted by atomic mass is 79.9. The minimum atomic E-state index is -1.21. The van der Waals surface area contributed by atoms with Crippen LogP contribution >= 0.6 is 38.6 Å². The molecule has 3 aromatic rings. The van der Waals surface area contributed by atoms with Crippen LogP contribution in [0, 0.1) is 5.92 Å². The van der Waals surface area contributed by atoms with Gasteiger partial charge in [-0.15, -0.1) is 11.3 Å². The fourth-order valence-electron chi connectivity index (χ4n) is 4.26. The number of anilines is 2. The first kappa shape index (κ1) is 26.2. The number of thiophene rings is 2. The van der Waals surface area contributed by atoms with E-state index in [9.17, 15) is 19.5 Å². The van der Waals surface area contributed by atoms with Crippen molar-refractivity contribution < 1.29 is 29.3 Å². The Kier molecular flexibility index (Phi) is 8.65. The van der Waals surface area contributed by atoms with Crippen LogP contribution in [0.1, 0.15) is 41.8 Å². The van der Waals surface area contributed by atoms with E-state index < -0.39 is 18.5 Å². The topological polar surface area (TPSA) is 116 Å². The number of nitrogens with zero attached hydrogens (tertiary/aromatic N) is 1. The van der Waals surface area contributed by atoms with Crippen molar-refractivity contribution >= 4 is 67.9 Å². The number of rotatable bonds is 9. The molecule has 1 fully saturated rings. The molecule has 0 atom stereocenters. The third-order valence-electron chi connectivity index (χ3n) is 5.95. The van der Waals surface area contributed by atoms with E-state index in [2.05, 4.69) is 21.2 Å². The molecule has 4 rings (SSSR count). The monoisotopic (exact) mass is 592 g/mol. The number of amides is 2. The molecule has 2 heterocycles. The summed E-state index contributed by atoms with van der Waals surface area (Å²) < 4.78 is 5.64. The number of carboxylic acids is 2. The van der Waals surface area contributed by atoms with Gasteiger partial charge in [0.2, 0.25) is 0 Å². The molecule has 8 nitrogen and oxygen atoms in total. The molecule has 190 valence electrons. The van der Waals surface area contributed by atoms with E-state index in [1.54, 1.807) is 4.90 Å². The van der Waals surface area contributed by atoms with Gasteiger partial charge < -0.3 is 20.3 Å². The van der Waals surface area contributed by atoms with Gasteiger partial charge in [-0.2, -0.15) is 11.3 Å². The van der Waals surface area contributed by atoms with Crippen molar-refractivity contribution in [3.05, 3.63) is 50.4 Å². The smallest absolute Gasteiger partial charge is 0.349 e. The number of aromatic carboxylic acids is 1. The lowest BCUT2D eigenvalue weighted by Crippen LogP contribution is -2.39. The first-order valence-corrected chi connectivity index (χ1v) is 14.0. The molecule has 36 heavy (non-hydrogen) atoms. The third kappa shape index (κ3) is 6.26. The number of carbonyl (C=O) groups is 3. The maximum atomic E-state index is 13.4. The number of benzene rings is 1. The SMILES string of the molecule is O=C(O)COc1c(C(=O)O)sc(-c2cccc(N(CC3CCCCC3)C(=O)Nc3ccsc3)c2)c1Br. The Hall–Kier alpha value is -2.89. The quantitative estimate of drug-likeness (QED) is 0.246. The highest BCUT2D eigenvalue weighted by molar-refractivity contribution is 9.10. The van der Waals surface area contributed by atoms with Crippen LogP contribution in [0.5, 0.6) is 5.75 Å². The Morgan fingerprint density at radius 3 is 2.58 bits per heavy atom. The number of aliphatic carboxylic acids is 1. The Bertz CT molecular complexity index is 1240. The van der Waals surface area contributed by atoms with E-state index in [4.69, 9.17) is 9.84 Å². The molecule has 1 saturated carbocycles. The zero-order valence-electron chi connectivity index (χ0n) is 19.2. The van der Waals surface area contributed by atoms with Gasteiger partial charge in [-0.05, 0) is 63.8 Å². The summed E-state index contributed by atoms with van der Waals surface area (Å²) in [5, 5.41) is 25.4. The summed E-state index contributed by atoms with van der Waals surface area (Å²) in [6, 6.07) is 8.98. The molecule has 0 bridgehead atoms. The predicted octanol–water partition coefficient (Wildman–Crippen LogP) is 7.02. The number of urea groups is 1. The average Bonchev–Trinajstić information content (AvgIpc) is 3.49. The molecular formula is C25H25BrN2O6S2. The van der Waals surface area contributed by atoms with Crippen LogP contribution in [0.25, 0.3) is 10.4 Å². The van der Waals surface area contributed by atoms with Gasteiger partial charge >= 0.3 is 18.0 Å². The zero-order chi connectivity index (χ0) is 25.7. The van der Waals surface area contributed by atoms with Crippen molar-refractivity contribution in [1.29, 1.82) is 0 Å². The Balaban J connectivity index is 1.68. The number of hydrogen-bond acceptors (Lipinski definition) is 6. The highest BCUT2D eigenvalue weighted by Gasteiger charge is 2.26. The summed E-state index contributed by atoms with van der Waals surface area (Å²) >= 11 is 5.89. The standard InChI is InChI=1S/C25H25BrN2O6S2/c26-20-21(34-13-19(29)30)23(24(31)32)36-22(20)16-7-4-8-18(11-16)28(12-15-5-2-1-3-6-15)25(33)27-17-9-10-35-14-17/h4,7-11,14-15H,1-3,5-6,12-13H2,(H,27,33)(H,29,30)(H,31,32). The van der Waals surface area contributed by atoms with Crippen molar-refractivity contribution in [1.82, 2.24) is 0 Å². The number of ether oxygens (including phenoxy) is 1. The van der Waals surface area contributed by atoms with E-state index in [0.29, 0.717) is 33.1 Å². The minimum absolute atomic E-state index is 0.0236. The largest absolute Gasteiger partial charge is 0.479 e. The second kappa shape index (κ2) is 11.9. The molecule has 11 heteroatoms. The summed E-state index contributed by atoms with van der Waals surface area (Å²) in [7, 11) is 0. The van der Waals surface area contributed by atoms with Crippen molar-refractivity contribution in [2.75, 3.05) is 23.4 Å². The summed E-state index contributed by atoms with van der Waals surface area (Å²) in [4.78, 5) is 38.4. The van der Waals surface area contributed by atoms with Crippen LogP contribution in [-0.2, 0) is 4.79 Å². The average molecular weight is 594 g/mol. The maximum Gasteiger partial charge on any atom is 0.349 e. The van der Waals surface area contributed by atoms with Crippen molar-refractivity contribution in [3.8, 4) is 16.2 Å². The molecule has 1 aliphatic rings.